The molecule has 2 fully saturated rings. The normalized spacial score (nSPS) is 25.7. The molecule has 2 rings (SSSR count). The van der Waals surface area contributed by atoms with Crippen molar-refractivity contribution >= 4 is 0 Å². The Hall–Kier alpha value is -0.0800. The maximum absolute atomic E-state index is 3.45. The molecule has 0 aromatic heterocycles. The molecule has 0 spiro atoms. The Kier molecular flexibility index (Phi) is 3.91. The van der Waals surface area contributed by atoms with E-state index in [0.29, 0.717) is 5.41 Å². The molecule has 1 N–H and O–H groups in total. The van der Waals surface area contributed by atoms with Crippen LogP contribution in [0.15, 0.2) is 0 Å². The van der Waals surface area contributed by atoms with Gasteiger partial charge >= 0.3 is 0 Å². The zero-order chi connectivity index (χ0) is 11.6. The Labute approximate surface area is 101 Å². The molecule has 0 aromatic carbocycles. The predicted octanol–water partition coefficient (Wildman–Crippen LogP) is 2.35. The summed E-state index contributed by atoms with van der Waals surface area (Å²) in [5.74, 6) is 2.02. The van der Waals surface area contributed by atoms with Gasteiger partial charge in [0.15, 0.2) is 0 Å². The minimum atomic E-state index is 0.472. The zero-order valence-electron chi connectivity index (χ0n) is 11.3. The number of hydrogen-bond acceptors (Lipinski definition) is 2. The summed E-state index contributed by atoms with van der Waals surface area (Å²) >= 11 is 0. The van der Waals surface area contributed by atoms with Gasteiger partial charge in [-0.3, -0.25) is 0 Å². The highest BCUT2D eigenvalue weighted by molar-refractivity contribution is 4.85. The van der Waals surface area contributed by atoms with Gasteiger partial charge in [0.25, 0.3) is 0 Å². The number of piperidine rings is 1. The summed E-state index contributed by atoms with van der Waals surface area (Å²) in [6, 6.07) is 0. The molecule has 94 valence electrons. The van der Waals surface area contributed by atoms with E-state index in [2.05, 4.69) is 31.0 Å². The lowest BCUT2D eigenvalue weighted by Crippen LogP contribution is -2.50. The second-order valence-corrected chi connectivity index (χ2v) is 7.05. The van der Waals surface area contributed by atoms with Gasteiger partial charge < -0.3 is 10.2 Å². The fraction of sp³-hybridized carbons (Fsp3) is 1.00. The van der Waals surface area contributed by atoms with Crippen LogP contribution in [0.5, 0.6) is 0 Å². The van der Waals surface area contributed by atoms with Gasteiger partial charge in [-0.1, -0.05) is 20.8 Å². The van der Waals surface area contributed by atoms with Crippen molar-refractivity contribution in [1.82, 2.24) is 10.2 Å². The highest BCUT2D eigenvalue weighted by atomic mass is 15.2. The van der Waals surface area contributed by atoms with Gasteiger partial charge in [-0.15, -0.1) is 0 Å². The van der Waals surface area contributed by atoms with Gasteiger partial charge in [0.05, 0.1) is 0 Å². The molecule has 0 aromatic rings. The van der Waals surface area contributed by atoms with Crippen LogP contribution < -0.4 is 5.32 Å². The molecule has 2 heteroatoms. The Bertz CT molecular complexity index is 207. The van der Waals surface area contributed by atoms with Crippen molar-refractivity contribution in [1.29, 1.82) is 0 Å². The summed E-state index contributed by atoms with van der Waals surface area (Å²) < 4.78 is 0. The van der Waals surface area contributed by atoms with Crippen LogP contribution in [0.4, 0.5) is 0 Å². The van der Waals surface area contributed by atoms with Gasteiger partial charge in [0.1, 0.15) is 0 Å². The van der Waals surface area contributed by atoms with E-state index in [9.17, 15) is 0 Å². The summed E-state index contributed by atoms with van der Waals surface area (Å²) in [6.45, 7) is 13.5. The highest BCUT2D eigenvalue weighted by Gasteiger charge is 2.31. The van der Waals surface area contributed by atoms with Crippen LogP contribution in [-0.2, 0) is 0 Å². The number of nitrogens with zero attached hydrogens (tertiary/aromatic N) is 1. The minimum absolute atomic E-state index is 0.472. The molecular formula is C14H28N2. The van der Waals surface area contributed by atoms with Crippen LogP contribution in [0.2, 0.25) is 0 Å². The van der Waals surface area contributed by atoms with Crippen molar-refractivity contribution in [3.05, 3.63) is 0 Å². The second kappa shape index (κ2) is 5.05. The fourth-order valence-corrected chi connectivity index (χ4v) is 3.21. The Balaban J connectivity index is 1.61. The van der Waals surface area contributed by atoms with Gasteiger partial charge in [-0.05, 0) is 49.6 Å². The molecule has 2 aliphatic heterocycles. The molecule has 2 aliphatic rings. The molecule has 16 heavy (non-hydrogen) atoms. The third kappa shape index (κ3) is 3.74. The average molecular weight is 224 g/mol. The molecule has 0 radical (unpaired) electrons. The summed E-state index contributed by atoms with van der Waals surface area (Å²) in [5, 5.41) is 3.45. The predicted molar refractivity (Wildman–Crippen MR) is 69.6 cm³/mol. The molecule has 2 heterocycles. The fourth-order valence-electron chi connectivity index (χ4n) is 3.21. The van der Waals surface area contributed by atoms with Crippen LogP contribution in [0.1, 0.15) is 40.0 Å². The van der Waals surface area contributed by atoms with Gasteiger partial charge in [0.2, 0.25) is 0 Å². The van der Waals surface area contributed by atoms with Crippen molar-refractivity contribution in [3.8, 4) is 0 Å². The van der Waals surface area contributed by atoms with E-state index in [1.165, 1.54) is 52.0 Å². The van der Waals surface area contributed by atoms with E-state index < -0.39 is 0 Å². The molecular weight excluding hydrogens is 196 g/mol. The lowest BCUT2D eigenvalue weighted by Gasteiger charge is -2.44. The van der Waals surface area contributed by atoms with E-state index in [1.807, 2.05) is 0 Å². The summed E-state index contributed by atoms with van der Waals surface area (Å²) in [4.78, 5) is 2.63. The highest BCUT2D eigenvalue weighted by Crippen LogP contribution is 2.29. The first kappa shape index (κ1) is 12.4. The third-order valence-electron chi connectivity index (χ3n) is 3.86. The standard InChI is InChI=1S/C14H28N2/c1-14(2,3)11-16-9-13(10-16)8-12-4-6-15-7-5-12/h12-13,15H,4-11H2,1-3H3. The molecule has 0 aliphatic carbocycles. The van der Waals surface area contributed by atoms with Gasteiger partial charge in [-0.2, -0.15) is 0 Å². The smallest absolute Gasteiger partial charge is 0.00303 e. The van der Waals surface area contributed by atoms with Crippen LogP contribution in [-0.4, -0.2) is 37.6 Å². The van der Waals surface area contributed by atoms with E-state index in [4.69, 9.17) is 0 Å². The van der Waals surface area contributed by atoms with E-state index in [0.717, 1.165) is 11.8 Å². The first-order chi connectivity index (χ1) is 7.53. The Morgan fingerprint density at radius 1 is 1.06 bits per heavy atom. The Morgan fingerprint density at radius 2 is 1.69 bits per heavy atom. The maximum atomic E-state index is 3.45. The lowest BCUT2D eigenvalue weighted by atomic mass is 9.83. The summed E-state index contributed by atoms with van der Waals surface area (Å²) in [6.07, 6.45) is 4.31. The number of nitrogens with one attached hydrogen (secondary N) is 1. The van der Waals surface area contributed by atoms with E-state index >= 15 is 0 Å². The van der Waals surface area contributed by atoms with Crippen LogP contribution in [0.3, 0.4) is 0 Å². The molecule has 0 bridgehead atoms. The SMILES string of the molecule is CC(C)(C)CN1CC(CC2CCNCC2)C1. The average Bonchev–Trinajstić information content (AvgIpc) is 2.14. The first-order valence-electron chi connectivity index (χ1n) is 6.96. The lowest BCUT2D eigenvalue weighted by molar-refractivity contribution is 0.0472. The molecule has 0 atom stereocenters. The molecule has 2 saturated heterocycles. The zero-order valence-corrected chi connectivity index (χ0v) is 11.3. The van der Waals surface area contributed by atoms with Crippen LogP contribution in [0, 0.1) is 17.3 Å². The number of hydrogen-bond donors (Lipinski definition) is 1. The van der Waals surface area contributed by atoms with Crippen LogP contribution in [0.25, 0.3) is 0 Å². The maximum Gasteiger partial charge on any atom is 0.00303 e. The second-order valence-electron chi connectivity index (χ2n) is 7.05. The number of likely N-dealkylation sites (tertiary alicyclic amines) is 1. The minimum Gasteiger partial charge on any atom is -0.317 e. The topological polar surface area (TPSA) is 15.3 Å². The molecule has 2 nitrogen and oxygen atoms in total. The first-order valence-corrected chi connectivity index (χ1v) is 6.96. The monoisotopic (exact) mass is 224 g/mol. The van der Waals surface area contributed by atoms with Crippen molar-refractivity contribution in [2.45, 2.75) is 40.0 Å². The quantitative estimate of drug-likeness (QED) is 0.791. The van der Waals surface area contributed by atoms with Gasteiger partial charge in [0, 0.05) is 19.6 Å². The van der Waals surface area contributed by atoms with E-state index in [1.54, 1.807) is 0 Å². The van der Waals surface area contributed by atoms with Crippen molar-refractivity contribution < 1.29 is 0 Å². The van der Waals surface area contributed by atoms with Crippen molar-refractivity contribution in [2.75, 3.05) is 32.7 Å². The van der Waals surface area contributed by atoms with Crippen molar-refractivity contribution in [2.24, 2.45) is 17.3 Å². The molecule has 0 saturated carbocycles. The van der Waals surface area contributed by atoms with Crippen LogP contribution >= 0.6 is 0 Å². The third-order valence-corrected chi connectivity index (χ3v) is 3.86. The summed E-state index contributed by atoms with van der Waals surface area (Å²) in [7, 11) is 0. The van der Waals surface area contributed by atoms with Gasteiger partial charge in [-0.25, -0.2) is 0 Å². The van der Waals surface area contributed by atoms with Crippen molar-refractivity contribution in [3.63, 3.8) is 0 Å². The van der Waals surface area contributed by atoms with E-state index in [-0.39, 0.29) is 0 Å². The number of rotatable bonds is 3. The molecule has 0 unspecified atom stereocenters. The largest absolute Gasteiger partial charge is 0.317 e. The molecule has 0 amide bonds. The summed E-state index contributed by atoms with van der Waals surface area (Å²) in [5.41, 5.74) is 0.472. The Morgan fingerprint density at radius 3 is 2.25 bits per heavy atom.